The summed E-state index contributed by atoms with van der Waals surface area (Å²) in [7, 11) is 0. The average molecular weight is 382 g/mol. The van der Waals surface area contributed by atoms with E-state index in [1.165, 1.54) is 4.90 Å². The summed E-state index contributed by atoms with van der Waals surface area (Å²) in [5, 5.41) is 2.52. The Balaban J connectivity index is 1.68. The molecule has 2 amide bonds. The molecule has 1 fully saturated rings. The van der Waals surface area contributed by atoms with Gasteiger partial charge in [0, 0.05) is 31.3 Å². The van der Waals surface area contributed by atoms with E-state index in [1.807, 2.05) is 0 Å². The zero-order valence-corrected chi connectivity index (χ0v) is 13.9. The quantitative estimate of drug-likeness (QED) is 0.825. The first kappa shape index (κ1) is 18.7. The average Bonchev–Trinajstić information content (AvgIpc) is 2.61. The first-order chi connectivity index (χ1) is 12.8. The largest absolute Gasteiger partial charge is 0.346 e. The smallest absolute Gasteiger partial charge is 0.275 e. The fourth-order valence-electron chi connectivity index (χ4n) is 2.84. The van der Waals surface area contributed by atoms with Crippen molar-refractivity contribution < 1.29 is 27.2 Å². The fraction of sp³-hybridized carbons (Fsp3) is 0.294. The fourth-order valence-corrected chi connectivity index (χ4v) is 2.84. The molecule has 1 aliphatic rings. The van der Waals surface area contributed by atoms with Crippen LogP contribution in [-0.2, 0) is 0 Å². The van der Waals surface area contributed by atoms with Crippen LogP contribution in [0.3, 0.4) is 0 Å². The summed E-state index contributed by atoms with van der Waals surface area (Å²) in [5.74, 6) is -5.58. The van der Waals surface area contributed by atoms with E-state index in [9.17, 15) is 27.2 Å². The third-order valence-electron chi connectivity index (χ3n) is 4.08. The van der Waals surface area contributed by atoms with Gasteiger partial charge in [-0.3, -0.25) is 9.59 Å². The molecule has 1 atom stereocenters. The number of amides is 2. The van der Waals surface area contributed by atoms with Crippen LogP contribution in [0, 0.1) is 23.3 Å². The monoisotopic (exact) mass is 382 g/mol. The van der Waals surface area contributed by atoms with Crippen LogP contribution >= 0.6 is 0 Å². The number of rotatable bonds is 3. The second kappa shape index (κ2) is 7.68. The molecule has 2 aromatic rings. The third-order valence-corrected chi connectivity index (χ3v) is 4.08. The molecule has 0 unspecified atom stereocenters. The molecule has 3 heterocycles. The first-order valence-electron chi connectivity index (χ1n) is 8.07. The Hall–Kier alpha value is -3.04. The minimum Gasteiger partial charge on any atom is -0.346 e. The molecule has 1 aliphatic heterocycles. The molecule has 0 aromatic carbocycles. The summed E-state index contributed by atoms with van der Waals surface area (Å²) in [6.45, 7) is 0.332. The number of pyridine rings is 2. The Morgan fingerprint density at radius 3 is 2.19 bits per heavy atom. The highest BCUT2D eigenvalue weighted by Gasteiger charge is 2.29. The van der Waals surface area contributed by atoms with Crippen LogP contribution in [0.2, 0.25) is 0 Å². The number of hydrogen-bond donors (Lipinski definition) is 1. The summed E-state index contributed by atoms with van der Waals surface area (Å²) >= 11 is 0. The Labute approximate surface area is 151 Å². The van der Waals surface area contributed by atoms with Crippen LogP contribution in [0.25, 0.3) is 0 Å². The van der Waals surface area contributed by atoms with Gasteiger partial charge in [0.25, 0.3) is 11.8 Å². The van der Waals surface area contributed by atoms with Gasteiger partial charge in [0.1, 0.15) is 11.6 Å². The Morgan fingerprint density at radius 1 is 1.00 bits per heavy atom. The Bertz CT molecular complexity index is 893. The zero-order chi connectivity index (χ0) is 19.6. The van der Waals surface area contributed by atoms with Crippen molar-refractivity contribution in [2.75, 3.05) is 13.1 Å². The van der Waals surface area contributed by atoms with Gasteiger partial charge in [-0.15, -0.1) is 0 Å². The maximum absolute atomic E-state index is 13.8. The van der Waals surface area contributed by atoms with Crippen molar-refractivity contribution in [1.82, 2.24) is 20.2 Å². The number of carbonyl (C=O) groups is 2. The molecule has 2 aromatic heterocycles. The van der Waals surface area contributed by atoms with Gasteiger partial charge in [0.05, 0.1) is 12.4 Å². The van der Waals surface area contributed by atoms with E-state index in [0.29, 0.717) is 31.5 Å². The minimum atomic E-state index is -1.10. The second-order valence-electron chi connectivity index (χ2n) is 6.03. The van der Waals surface area contributed by atoms with Crippen molar-refractivity contribution in [2.45, 2.75) is 18.9 Å². The van der Waals surface area contributed by atoms with Crippen LogP contribution in [-0.4, -0.2) is 45.8 Å². The number of likely N-dealkylation sites (tertiary alicyclic amines) is 1. The highest BCUT2D eigenvalue weighted by atomic mass is 19.1. The molecule has 27 heavy (non-hydrogen) atoms. The molecular weight excluding hydrogens is 368 g/mol. The van der Waals surface area contributed by atoms with Crippen molar-refractivity contribution in [3.05, 3.63) is 59.2 Å². The van der Waals surface area contributed by atoms with Gasteiger partial charge in [0.2, 0.25) is 0 Å². The standard InChI is InChI=1S/C17H14F4N4O2/c18-9-4-12(20)14(22-6-9)16(26)24-11-2-1-3-25(8-11)17(27)15-13(21)5-10(19)7-23-15/h4-7,11H,1-3,8H2,(H,24,26)/t11-/m1/s1. The van der Waals surface area contributed by atoms with Gasteiger partial charge in [-0.1, -0.05) is 0 Å². The SMILES string of the molecule is O=C(N[C@@H]1CCCN(C(=O)c2ncc(F)cc2F)C1)c1ncc(F)cc1F. The van der Waals surface area contributed by atoms with Crippen LogP contribution in [0.1, 0.15) is 33.8 Å². The summed E-state index contributed by atoms with van der Waals surface area (Å²) in [6, 6.07) is 0.568. The van der Waals surface area contributed by atoms with E-state index in [-0.39, 0.29) is 6.54 Å². The van der Waals surface area contributed by atoms with Crippen molar-refractivity contribution in [3.8, 4) is 0 Å². The Kier molecular flexibility index (Phi) is 5.33. The number of aromatic nitrogens is 2. The lowest BCUT2D eigenvalue weighted by Gasteiger charge is -2.33. The topological polar surface area (TPSA) is 75.2 Å². The molecule has 0 saturated carbocycles. The van der Waals surface area contributed by atoms with E-state index in [0.717, 1.165) is 12.4 Å². The lowest BCUT2D eigenvalue weighted by Crippen LogP contribution is -2.50. The van der Waals surface area contributed by atoms with Crippen LogP contribution in [0.5, 0.6) is 0 Å². The van der Waals surface area contributed by atoms with Crippen LogP contribution in [0.4, 0.5) is 17.6 Å². The first-order valence-corrected chi connectivity index (χ1v) is 8.07. The number of nitrogens with zero attached hydrogens (tertiary/aromatic N) is 3. The van der Waals surface area contributed by atoms with Gasteiger partial charge in [0.15, 0.2) is 23.0 Å². The maximum Gasteiger partial charge on any atom is 0.275 e. The molecule has 142 valence electrons. The van der Waals surface area contributed by atoms with E-state index in [4.69, 9.17) is 0 Å². The molecule has 6 nitrogen and oxygen atoms in total. The lowest BCUT2D eigenvalue weighted by molar-refractivity contribution is 0.0664. The molecule has 1 N–H and O–H groups in total. The number of halogens is 4. The number of carbonyl (C=O) groups excluding carboxylic acids is 2. The highest BCUT2D eigenvalue weighted by molar-refractivity contribution is 5.94. The molecule has 0 aliphatic carbocycles. The third kappa shape index (κ3) is 4.21. The molecule has 10 heteroatoms. The highest BCUT2D eigenvalue weighted by Crippen LogP contribution is 2.16. The van der Waals surface area contributed by atoms with E-state index < -0.39 is 52.5 Å². The van der Waals surface area contributed by atoms with Gasteiger partial charge in [-0.2, -0.15) is 0 Å². The minimum absolute atomic E-state index is 0.0336. The summed E-state index contributed by atoms with van der Waals surface area (Å²) < 4.78 is 53.2. The maximum atomic E-state index is 13.8. The summed E-state index contributed by atoms with van der Waals surface area (Å²) in [5.41, 5.74) is -1.08. The predicted octanol–water partition coefficient (Wildman–Crippen LogP) is 2.07. The van der Waals surface area contributed by atoms with Crippen LogP contribution < -0.4 is 5.32 Å². The molecule has 0 radical (unpaired) electrons. The molecule has 1 saturated heterocycles. The molecule has 3 rings (SSSR count). The number of hydrogen-bond acceptors (Lipinski definition) is 4. The normalized spacial score (nSPS) is 16.9. The van der Waals surface area contributed by atoms with Crippen molar-refractivity contribution in [1.29, 1.82) is 0 Å². The summed E-state index contributed by atoms with van der Waals surface area (Å²) in [6.07, 6.45) is 2.46. The van der Waals surface area contributed by atoms with E-state index in [2.05, 4.69) is 15.3 Å². The van der Waals surface area contributed by atoms with Crippen molar-refractivity contribution in [2.24, 2.45) is 0 Å². The number of nitrogens with one attached hydrogen (secondary N) is 1. The summed E-state index contributed by atoms with van der Waals surface area (Å²) in [4.78, 5) is 32.7. The van der Waals surface area contributed by atoms with Gasteiger partial charge < -0.3 is 10.2 Å². The van der Waals surface area contributed by atoms with E-state index >= 15 is 0 Å². The van der Waals surface area contributed by atoms with Crippen LogP contribution in [0.15, 0.2) is 24.5 Å². The zero-order valence-electron chi connectivity index (χ0n) is 13.9. The second-order valence-corrected chi connectivity index (χ2v) is 6.03. The predicted molar refractivity (Wildman–Crippen MR) is 84.7 cm³/mol. The van der Waals surface area contributed by atoms with Crippen molar-refractivity contribution in [3.63, 3.8) is 0 Å². The van der Waals surface area contributed by atoms with Gasteiger partial charge >= 0.3 is 0 Å². The van der Waals surface area contributed by atoms with E-state index in [1.54, 1.807) is 0 Å². The number of piperidine rings is 1. The molecule has 0 bridgehead atoms. The van der Waals surface area contributed by atoms with Crippen molar-refractivity contribution >= 4 is 11.8 Å². The molecule has 0 spiro atoms. The van der Waals surface area contributed by atoms with Gasteiger partial charge in [-0.05, 0) is 12.8 Å². The Morgan fingerprint density at radius 2 is 1.59 bits per heavy atom. The lowest BCUT2D eigenvalue weighted by atomic mass is 10.0. The van der Waals surface area contributed by atoms with Gasteiger partial charge in [-0.25, -0.2) is 27.5 Å². The molecular formula is C17H14F4N4O2.